The van der Waals surface area contributed by atoms with Crippen LogP contribution in [0.3, 0.4) is 0 Å². The zero-order valence-corrected chi connectivity index (χ0v) is 14.5. The van der Waals surface area contributed by atoms with Crippen molar-refractivity contribution in [1.82, 2.24) is 10.2 Å². The van der Waals surface area contributed by atoms with Crippen molar-refractivity contribution in [2.45, 2.75) is 51.7 Å². The highest BCUT2D eigenvalue weighted by atomic mass is 16.5. The Labute approximate surface area is 143 Å². The van der Waals surface area contributed by atoms with E-state index in [1.807, 2.05) is 36.9 Å². The molecule has 1 unspecified atom stereocenters. The molecule has 130 valence electrons. The molecule has 1 atom stereocenters. The summed E-state index contributed by atoms with van der Waals surface area (Å²) in [6.07, 6.45) is 3.16. The Morgan fingerprint density at radius 2 is 1.88 bits per heavy atom. The normalized spacial score (nSPS) is 21.8. The van der Waals surface area contributed by atoms with Crippen LogP contribution in [0.25, 0.3) is 0 Å². The summed E-state index contributed by atoms with van der Waals surface area (Å²) < 4.78 is 5.48. The standard InChI is InChI=1S/C19H26N2O3/c1-13-5-6-15(12-14(13)2)18(22)20-16-7-9-21(10-8-16)19(23)17-4-3-11-24-17/h5-6,12,16-17H,3-4,7-11H2,1-2H3,(H,20,22). The van der Waals surface area contributed by atoms with Gasteiger partial charge in [-0.25, -0.2) is 0 Å². The maximum absolute atomic E-state index is 12.4. The minimum Gasteiger partial charge on any atom is -0.368 e. The largest absolute Gasteiger partial charge is 0.368 e. The summed E-state index contributed by atoms with van der Waals surface area (Å²) in [5.41, 5.74) is 3.02. The lowest BCUT2D eigenvalue weighted by Crippen LogP contribution is -2.49. The van der Waals surface area contributed by atoms with Gasteiger partial charge in [0.15, 0.2) is 0 Å². The predicted molar refractivity (Wildman–Crippen MR) is 92.0 cm³/mol. The number of amides is 2. The fourth-order valence-electron chi connectivity index (χ4n) is 3.37. The topological polar surface area (TPSA) is 58.6 Å². The van der Waals surface area contributed by atoms with Crippen molar-refractivity contribution >= 4 is 11.8 Å². The van der Waals surface area contributed by atoms with Gasteiger partial charge in [0.1, 0.15) is 6.10 Å². The molecule has 5 nitrogen and oxygen atoms in total. The molecule has 0 spiro atoms. The van der Waals surface area contributed by atoms with E-state index < -0.39 is 0 Å². The number of carbonyl (C=O) groups excluding carboxylic acids is 2. The zero-order valence-electron chi connectivity index (χ0n) is 14.5. The second-order valence-corrected chi connectivity index (χ2v) is 6.87. The van der Waals surface area contributed by atoms with Gasteiger partial charge in [-0.2, -0.15) is 0 Å². The number of benzene rings is 1. The van der Waals surface area contributed by atoms with E-state index in [9.17, 15) is 9.59 Å². The summed E-state index contributed by atoms with van der Waals surface area (Å²) in [5, 5.41) is 3.10. The molecule has 5 heteroatoms. The predicted octanol–water partition coefficient (Wildman–Crippen LogP) is 2.20. The van der Waals surface area contributed by atoms with Crippen molar-refractivity contribution < 1.29 is 14.3 Å². The van der Waals surface area contributed by atoms with Gasteiger partial charge in [0.2, 0.25) is 0 Å². The number of likely N-dealkylation sites (tertiary alicyclic amines) is 1. The Kier molecular flexibility index (Phi) is 5.19. The average Bonchev–Trinajstić information content (AvgIpc) is 3.12. The van der Waals surface area contributed by atoms with Gasteiger partial charge >= 0.3 is 0 Å². The minimum atomic E-state index is -0.244. The number of hydrogen-bond donors (Lipinski definition) is 1. The first-order valence-corrected chi connectivity index (χ1v) is 8.83. The van der Waals surface area contributed by atoms with Crippen LogP contribution in [0, 0.1) is 13.8 Å². The monoisotopic (exact) mass is 330 g/mol. The van der Waals surface area contributed by atoms with Gasteiger partial charge in [-0.1, -0.05) is 6.07 Å². The third-order valence-electron chi connectivity index (χ3n) is 5.12. The second-order valence-electron chi connectivity index (χ2n) is 6.87. The van der Waals surface area contributed by atoms with Crippen molar-refractivity contribution in [3.8, 4) is 0 Å². The average molecular weight is 330 g/mol. The first kappa shape index (κ1) is 17.0. The minimum absolute atomic E-state index is 0.0259. The molecule has 2 aliphatic heterocycles. The lowest BCUT2D eigenvalue weighted by atomic mass is 10.0. The summed E-state index contributed by atoms with van der Waals surface area (Å²) in [4.78, 5) is 26.6. The van der Waals surface area contributed by atoms with Crippen molar-refractivity contribution in [2.75, 3.05) is 19.7 Å². The van der Waals surface area contributed by atoms with Gasteiger partial charge < -0.3 is 15.0 Å². The highest BCUT2D eigenvalue weighted by Gasteiger charge is 2.31. The lowest BCUT2D eigenvalue weighted by Gasteiger charge is -2.33. The van der Waals surface area contributed by atoms with Crippen LogP contribution in [0.5, 0.6) is 0 Å². The summed E-state index contributed by atoms with van der Waals surface area (Å²) in [7, 11) is 0. The van der Waals surface area contributed by atoms with Gasteiger partial charge in [0.25, 0.3) is 11.8 Å². The first-order chi connectivity index (χ1) is 11.5. The lowest BCUT2D eigenvalue weighted by molar-refractivity contribution is -0.142. The van der Waals surface area contributed by atoms with Crippen LogP contribution in [-0.2, 0) is 9.53 Å². The number of carbonyl (C=O) groups is 2. The van der Waals surface area contributed by atoms with E-state index in [-0.39, 0.29) is 24.0 Å². The fraction of sp³-hybridized carbons (Fsp3) is 0.579. The molecule has 0 bridgehead atoms. The summed E-state index contributed by atoms with van der Waals surface area (Å²) in [6, 6.07) is 5.91. The van der Waals surface area contributed by atoms with Crippen LogP contribution in [0.1, 0.15) is 47.2 Å². The van der Waals surface area contributed by atoms with Crippen LogP contribution in [0.4, 0.5) is 0 Å². The molecule has 2 fully saturated rings. The molecule has 2 heterocycles. The molecule has 1 aromatic rings. The van der Waals surface area contributed by atoms with E-state index in [0.717, 1.165) is 31.2 Å². The number of piperidine rings is 1. The molecule has 2 aliphatic rings. The molecule has 0 saturated carbocycles. The summed E-state index contributed by atoms with van der Waals surface area (Å²) in [6.45, 7) is 6.13. The maximum atomic E-state index is 12.4. The third kappa shape index (κ3) is 3.78. The van der Waals surface area contributed by atoms with Crippen LogP contribution in [0.15, 0.2) is 18.2 Å². The number of aryl methyl sites for hydroxylation is 2. The molecule has 0 aliphatic carbocycles. The fourth-order valence-corrected chi connectivity index (χ4v) is 3.37. The van der Waals surface area contributed by atoms with E-state index in [4.69, 9.17) is 4.74 Å². The Morgan fingerprint density at radius 1 is 1.12 bits per heavy atom. The number of ether oxygens (including phenoxy) is 1. The summed E-state index contributed by atoms with van der Waals surface area (Å²) >= 11 is 0. The first-order valence-electron chi connectivity index (χ1n) is 8.83. The van der Waals surface area contributed by atoms with Gasteiger partial charge in [0, 0.05) is 31.3 Å². The quantitative estimate of drug-likeness (QED) is 0.924. The van der Waals surface area contributed by atoms with Crippen LogP contribution in [0.2, 0.25) is 0 Å². The van der Waals surface area contributed by atoms with Crippen molar-refractivity contribution in [2.24, 2.45) is 0 Å². The molecule has 3 rings (SSSR count). The molecule has 1 aromatic carbocycles. The molecular weight excluding hydrogens is 304 g/mol. The SMILES string of the molecule is Cc1ccc(C(=O)NC2CCN(C(=O)C3CCCO3)CC2)cc1C. The molecule has 1 N–H and O–H groups in total. The van der Waals surface area contributed by atoms with E-state index >= 15 is 0 Å². The Bertz CT molecular complexity index is 615. The number of nitrogens with one attached hydrogen (secondary N) is 1. The Hall–Kier alpha value is -1.88. The second kappa shape index (κ2) is 7.34. The van der Waals surface area contributed by atoms with Crippen molar-refractivity contribution in [3.05, 3.63) is 34.9 Å². The van der Waals surface area contributed by atoms with Crippen LogP contribution < -0.4 is 5.32 Å². The maximum Gasteiger partial charge on any atom is 0.251 e. The number of nitrogens with zero attached hydrogens (tertiary/aromatic N) is 1. The van der Waals surface area contributed by atoms with Gasteiger partial charge in [-0.05, 0) is 62.8 Å². The van der Waals surface area contributed by atoms with Gasteiger partial charge in [0.05, 0.1) is 0 Å². The van der Waals surface area contributed by atoms with E-state index in [2.05, 4.69) is 5.32 Å². The molecule has 0 radical (unpaired) electrons. The zero-order chi connectivity index (χ0) is 17.1. The van der Waals surface area contributed by atoms with Gasteiger partial charge in [-0.15, -0.1) is 0 Å². The van der Waals surface area contributed by atoms with Gasteiger partial charge in [-0.3, -0.25) is 9.59 Å². The van der Waals surface area contributed by atoms with E-state index in [0.29, 0.717) is 25.3 Å². The smallest absolute Gasteiger partial charge is 0.251 e. The molecule has 2 saturated heterocycles. The van der Waals surface area contributed by atoms with Crippen LogP contribution in [-0.4, -0.2) is 48.6 Å². The molecule has 2 amide bonds. The number of hydrogen-bond acceptors (Lipinski definition) is 3. The Balaban J connectivity index is 1.50. The molecule has 0 aromatic heterocycles. The van der Waals surface area contributed by atoms with E-state index in [1.165, 1.54) is 5.56 Å². The van der Waals surface area contributed by atoms with Crippen molar-refractivity contribution in [1.29, 1.82) is 0 Å². The van der Waals surface area contributed by atoms with Crippen molar-refractivity contribution in [3.63, 3.8) is 0 Å². The third-order valence-corrected chi connectivity index (χ3v) is 5.12. The number of rotatable bonds is 3. The summed E-state index contributed by atoms with van der Waals surface area (Å²) in [5.74, 6) is 0.0911. The molecular formula is C19H26N2O3. The van der Waals surface area contributed by atoms with E-state index in [1.54, 1.807) is 0 Å². The highest BCUT2D eigenvalue weighted by Crippen LogP contribution is 2.19. The highest BCUT2D eigenvalue weighted by molar-refractivity contribution is 5.94. The van der Waals surface area contributed by atoms with Crippen LogP contribution >= 0.6 is 0 Å². The Morgan fingerprint density at radius 3 is 2.50 bits per heavy atom. The molecule has 24 heavy (non-hydrogen) atoms.